The maximum Gasteiger partial charge on any atom is 0.231 e. The van der Waals surface area contributed by atoms with Gasteiger partial charge in [0.2, 0.25) is 5.78 Å². The van der Waals surface area contributed by atoms with Crippen LogP contribution in [-0.4, -0.2) is 5.78 Å². The maximum absolute atomic E-state index is 12.6. The minimum Gasteiger partial charge on any atom is -0.489 e. The van der Waals surface area contributed by atoms with Crippen molar-refractivity contribution in [3.05, 3.63) is 99.3 Å². The second-order valence-corrected chi connectivity index (χ2v) is 7.25. The Kier molecular flexibility index (Phi) is 4.93. The molecule has 0 bridgehead atoms. The van der Waals surface area contributed by atoms with Crippen molar-refractivity contribution in [1.29, 1.82) is 0 Å². The summed E-state index contributed by atoms with van der Waals surface area (Å²) < 4.78 is 11.7. The highest BCUT2D eigenvalue weighted by atomic mass is 35.5. The molecule has 0 radical (unpaired) electrons. The van der Waals surface area contributed by atoms with Crippen LogP contribution >= 0.6 is 11.6 Å². The van der Waals surface area contributed by atoms with Gasteiger partial charge in [0.1, 0.15) is 18.1 Å². The lowest BCUT2D eigenvalue weighted by atomic mass is 10.1. The molecule has 4 heteroatoms. The number of allylic oxidation sites excluding steroid dienone is 1. The third kappa shape index (κ3) is 3.67. The first-order valence-electron chi connectivity index (χ1n) is 9.03. The van der Waals surface area contributed by atoms with Crippen LogP contribution in [0.5, 0.6) is 11.5 Å². The predicted molar refractivity (Wildman–Crippen MR) is 111 cm³/mol. The normalized spacial score (nSPS) is 14.1. The molecule has 4 rings (SSSR count). The van der Waals surface area contributed by atoms with Gasteiger partial charge in [-0.2, -0.15) is 0 Å². The van der Waals surface area contributed by atoms with E-state index in [9.17, 15) is 4.79 Å². The van der Waals surface area contributed by atoms with Gasteiger partial charge in [0.15, 0.2) is 5.76 Å². The van der Waals surface area contributed by atoms with Crippen LogP contribution in [0.3, 0.4) is 0 Å². The molecule has 0 aliphatic carbocycles. The first-order chi connectivity index (χ1) is 13.5. The second-order valence-electron chi connectivity index (χ2n) is 6.84. The number of fused-ring (bicyclic) bond motifs is 1. The monoisotopic (exact) mass is 390 g/mol. The SMILES string of the molecule is Cc1ccc(C)c(COc2ccc3c(c2)OC(=Cc2ccccc2Cl)C3=O)c1. The molecule has 1 aliphatic heterocycles. The van der Waals surface area contributed by atoms with Crippen molar-refractivity contribution in [1.82, 2.24) is 0 Å². The van der Waals surface area contributed by atoms with Crippen molar-refractivity contribution in [2.24, 2.45) is 0 Å². The van der Waals surface area contributed by atoms with Crippen molar-refractivity contribution in [2.45, 2.75) is 20.5 Å². The Morgan fingerprint density at radius 1 is 1.04 bits per heavy atom. The summed E-state index contributed by atoms with van der Waals surface area (Å²) in [7, 11) is 0. The number of carbonyl (C=O) groups excluding carboxylic acids is 1. The summed E-state index contributed by atoms with van der Waals surface area (Å²) >= 11 is 6.18. The molecular formula is C24H19ClO3. The number of rotatable bonds is 4. The molecule has 0 unspecified atom stereocenters. The van der Waals surface area contributed by atoms with Gasteiger partial charge in [0.25, 0.3) is 0 Å². The minimum atomic E-state index is -0.156. The van der Waals surface area contributed by atoms with Crippen molar-refractivity contribution in [3.8, 4) is 11.5 Å². The zero-order valence-corrected chi connectivity index (χ0v) is 16.4. The first kappa shape index (κ1) is 18.3. The summed E-state index contributed by atoms with van der Waals surface area (Å²) in [6.45, 7) is 4.58. The zero-order chi connectivity index (χ0) is 19.7. The van der Waals surface area contributed by atoms with Gasteiger partial charge in [-0.05, 0) is 54.8 Å². The standard InChI is InChI=1S/C24H19ClO3/c1-15-7-8-16(2)18(11-15)14-27-19-9-10-20-22(13-19)28-23(24(20)26)12-17-5-3-4-6-21(17)25/h3-13H,14H2,1-2H3. The number of ether oxygens (including phenoxy) is 2. The average Bonchev–Trinajstić information content (AvgIpc) is 2.99. The van der Waals surface area contributed by atoms with Crippen LogP contribution in [-0.2, 0) is 6.61 Å². The number of hydrogen-bond donors (Lipinski definition) is 0. The van der Waals surface area contributed by atoms with E-state index in [-0.39, 0.29) is 11.5 Å². The second kappa shape index (κ2) is 7.53. The van der Waals surface area contributed by atoms with E-state index in [1.165, 1.54) is 11.1 Å². The summed E-state index contributed by atoms with van der Waals surface area (Å²) in [5.74, 6) is 1.26. The van der Waals surface area contributed by atoms with E-state index in [4.69, 9.17) is 21.1 Å². The van der Waals surface area contributed by atoms with Gasteiger partial charge >= 0.3 is 0 Å². The molecule has 0 aromatic heterocycles. The van der Waals surface area contributed by atoms with Crippen LogP contribution in [0, 0.1) is 13.8 Å². The van der Waals surface area contributed by atoms with Gasteiger partial charge in [0.05, 0.1) is 5.56 Å². The summed E-state index contributed by atoms with van der Waals surface area (Å²) in [6.07, 6.45) is 1.67. The van der Waals surface area contributed by atoms with E-state index in [0.717, 1.165) is 11.1 Å². The molecule has 0 spiro atoms. The van der Waals surface area contributed by atoms with E-state index in [2.05, 4.69) is 32.0 Å². The fraction of sp³-hybridized carbons (Fsp3) is 0.125. The van der Waals surface area contributed by atoms with Gasteiger partial charge in [-0.3, -0.25) is 4.79 Å². The number of halogens is 1. The van der Waals surface area contributed by atoms with Crippen molar-refractivity contribution < 1.29 is 14.3 Å². The Bertz CT molecular complexity index is 1100. The third-order valence-electron chi connectivity index (χ3n) is 4.73. The lowest BCUT2D eigenvalue weighted by molar-refractivity contribution is 0.101. The van der Waals surface area contributed by atoms with Gasteiger partial charge in [-0.25, -0.2) is 0 Å². The van der Waals surface area contributed by atoms with E-state index >= 15 is 0 Å². The van der Waals surface area contributed by atoms with Gasteiger partial charge in [-0.15, -0.1) is 0 Å². The number of carbonyl (C=O) groups is 1. The first-order valence-corrected chi connectivity index (χ1v) is 9.41. The van der Waals surface area contributed by atoms with E-state index in [0.29, 0.717) is 28.7 Å². The largest absolute Gasteiger partial charge is 0.489 e. The molecule has 3 aromatic carbocycles. The maximum atomic E-state index is 12.6. The molecule has 0 saturated carbocycles. The molecule has 0 saturated heterocycles. The van der Waals surface area contributed by atoms with Crippen molar-refractivity contribution in [3.63, 3.8) is 0 Å². The Morgan fingerprint density at radius 2 is 1.86 bits per heavy atom. The molecule has 28 heavy (non-hydrogen) atoms. The Labute approximate surface area is 169 Å². The highest BCUT2D eigenvalue weighted by molar-refractivity contribution is 6.32. The van der Waals surface area contributed by atoms with Crippen LogP contribution in [0.4, 0.5) is 0 Å². The number of ketones is 1. The average molecular weight is 391 g/mol. The topological polar surface area (TPSA) is 35.5 Å². The van der Waals surface area contributed by atoms with Crippen molar-refractivity contribution in [2.75, 3.05) is 0 Å². The van der Waals surface area contributed by atoms with Crippen LogP contribution in [0.2, 0.25) is 5.02 Å². The van der Waals surface area contributed by atoms with Gasteiger partial charge in [0, 0.05) is 11.1 Å². The quantitative estimate of drug-likeness (QED) is 0.501. The molecular weight excluding hydrogens is 372 g/mol. The van der Waals surface area contributed by atoms with E-state index in [1.807, 2.05) is 18.2 Å². The van der Waals surface area contributed by atoms with Gasteiger partial charge in [-0.1, -0.05) is 53.6 Å². The Balaban J connectivity index is 1.54. The number of benzene rings is 3. The summed E-state index contributed by atoms with van der Waals surface area (Å²) in [6, 6.07) is 18.9. The molecule has 0 amide bonds. The summed E-state index contributed by atoms with van der Waals surface area (Å²) in [4.78, 5) is 12.6. The summed E-state index contributed by atoms with van der Waals surface area (Å²) in [5.41, 5.74) is 4.78. The Hall–Kier alpha value is -3.04. The lowest BCUT2D eigenvalue weighted by Crippen LogP contribution is -1.99. The van der Waals surface area contributed by atoms with Crippen LogP contribution in [0.25, 0.3) is 6.08 Å². The van der Waals surface area contributed by atoms with E-state index in [1.54, 1.807) is 30.3 Å². The molecule has 140 valence electrons. The number of Topliss-reactive ketones (excluding diaryl/α,β-unsaturated/α-hetero) is 1. The number of aryl methyl sites for hydroxylation is 2. The number of hydrogen-bond acceptors (Lipinski definition) is 3. The van der Waals surface area contributed by atoms with Gasteiger partial charge < -0.3 is 9.47 Å². The lowest BCUT2D eigenvalue weighted by Gasteiger charge is -2.10. The molecule has 0 fully saturated rings. The summed E-state index contributed by atoms with van der Waals surface area (Å²) in [5, 5.41) is 0.569. The Morgan fingerprint density at radius 3 is 2.68 bits per heavy atom. The van der Waals surface area contributed by atoms with Crippen LogP contribution < -0.4 is 9.47 Å². The molecule has 3 aromatic rings. The zero-order valence-electron chi connectivity index (χ0n) is 15.7. The molecule has 0 atom stereocenters. The molecule has 1 aliphatic rings. The molecule has 1 heterocycles. The molecule has 3 nitrogen and oxygen atoms in total. The van der Waals surface area contributed by atoms with Crippen LogP contribution in [0.1, 0.15) is 32.6 Å². The van der Waals surface area contributed by atoms with E-state index < -0.39 is 0 Å². The highest BCUT2D eigenvalue weighted by Gasteiger charge is 2.28. The van der Waals surface area contributed by atoms with Crippen molar-refractivity contribution >= 4 is 23.5 Å². The predicted octanol–water partition coefficient (Wildman–Crippen LogP) is 6.15. The minimum absolute atomic E-state index is 0.156. The fourth-order valence-corrected chi connectivity index (χ4v) is 3.30. The molecule has 0 N–H and O–H groups in total. The third-order valence-corrected chi connectivity index (χ3v) is 5.08. The smallest absolute Gasteiger partial charge is 0.231 e. The van der Waals surface area contributed by atoms with Crippen LogP contribution in [0.15, 0.2) is 66.4 Å². The fourth-order valence-electron chi connectivity index (χ4n) is 3.11. The highest BCUT2D eigenvalue weighted by Crippen LogP contribution is 2.35.